The van der Waals surface area contributed by atoms with Crippen LogP contribution in [-0.2, 0) is 21.3 Å². The third-order valence-electron chi connectivity index (χ3n) is 5.59. The van der Waals surface area contributed by atoms with E-state index >= 15 is 0 Å². The molecular formula is C24H26F3N3O3. The fourth-order valence-electron chi connectivity index (χ4n) is 3.86. The Bertz CT molecular complexity index is 1040. The van der Waals surface area contributed by atoms with Crippen molar-refractivity contribution in [3.05, 3.63) is 71.3 Å². The number of carbonyl (C=O) groups excluding carboxylic acids is 3. The molecule has 0 bridgehead atoms. The molecule has 0 aliphatic carbocycles. The molecule has 6 nitrogen and oxygen atoms in total. The Labute approximate surface area is 190 Å². The number of imide groups is 1. The normalized spacial score (nSPS) is 19.5. The van der Waals surface area contributed by atoms with Gasteiger partial charge in [-0.15, -0.1) is 0 Å². The second-order valence-corrected chi connectivity index (χ2v) is 8.69. The lowest BCUT2D eigenvalue weighted by atomic mass is 9.90. The Hall–Kier alpha value is -3.36. The Balaban J connectivity index is 1.77. The van der Waals surface area contributed by atoms with E-state index in [-0.39, 0.29) is 17.5 Å². The number of carbonyl (C=O) groups is 3. The van der Waals surface area contributed by atoms with Gasteiger partial charge in [-0.2, -0.15) is 13.2 Å². The summed E-state index contributed by atoms with van der Waals surface area (Å²) >= 11 is 0. The highest BCUT2D eigenvalue weighted by atomic mass is 19.4. The molecule has 1 aliphatic heterocycles. The number of rotatable bonds is 7. The van der Waals surface area contributed by atoms with Crippen LogP contribution in [0.15, 0.2) is 54.6 Å². The van der Waals surface area contributed by atoms with Crippen LogP contribution >= 0.6 is 0 Å². The van der Waals surface area contributed by atoms with E-state index in [1.807, 2.05) is 44.2 Å². The first kappa shape index (κ1) is 24.3. The van der Waals surface area contributed by atoms with Crippen molar-refractivity contribution in [3.63, 3.8) is 0 Å². The van der Waals surface area contributed by atoms with Crippen molar-refractivity contribution in [2.45, 2.75) is 44.9 Å². The van der Waals surface area contributed by atoms with E-state index in [0.29, 0.717) is 6.42 Å². The second-order valence-electron chi connectivity index (χ2n) is 8.69. The molecule has 1 fully saturated rings. The third kappa shape index (κ3) is 5.35. The van der Waals surface area contributed by atoms with Gasteiger partial charge >= 0.3 is 12.2 Å². The molecule has 2 aromatic carbocycles. The number of benzene rings is 2. The average Bonchev–Trinajstić information content (AvgIpc) is 2.97. The van der Waals surface area contributed by atoms with Crippen LogP contribution < -0.4 is 10.6 Å². The van der Waals surface area contributed by atoms with Crippen molar-refractivity contribution < 1.29 is 27.6 Å². The van der Waals surface area contributed by atoms with E-state index < -0.39 is 41.7 Å². The number of alkyl halides is 3. The monoisotopic (exact) mass is 461 g/mol. The maximum absolute atomic E-state index is 13.1. The SMILES string of the molecule is CC(C)CC(NC(=O)CN1C(=O)NC(C)(c2cccc(C(F)(F)F)c2)C1=O)c1ccccc1. The van der Waals surface area contributed by atoms with Gasteiger partial charge in [-0.05, 0) is 42.5 Å². The number of hydrogen-bond donors (Lipinski definition) is 2. The number of halogens is 3. The summed E-state index contributed by atoms with van der Waals surface area (Å²) in [5, 5.41) is 5.30. The lowest BCUT2D eigenvalue weighted by molar-refractivity contribution is -0.138. The van der Waals surface area contributed by atoms with Crippen molar-refractivity contribution in [2.24, 2.45) is 5.92 Å². The number of nitrogens with zero attached hydrogens (tertiary/aromatic N) is 1. The highest BCUT2D eigenvalue weighted by Crippen LogP contribution is 2.34. The van der Waals surface area contributed by atoms with E-state index in [0.717, 1.165) is 22.6 Å². The molecule has 3 rings (SSSR count). The summed E-state index contributed by atoms with van der Waals surface area (Å²) < 4.78 is 39.4. The highest BCUT2D eigenvalue weighted by Gasteiger charge is 2.50. The Morgan fingerprint density at radius 2 is 1.76 bits per heavy atom. The van der Waals surface area contributed by atoms with Gasteiger partial charge in [0.15, 0.2) is 0 Å². The van der Waals surface area contributed by atoms with Crippen LogP contribution in [0.3, 0.4) is 0 Å². The smallest absolute Gasteiger partial charge is 0.348 e. The molecular weight excluding hydrogens is 435 g/mol. The van der Waals surface area contributed by atoms with E-state index in [1.165, 1.54) is 19.1 Å². The quantitative estimate of drug-likeness (QED) is 0.601. The summed E-state index contributed by atoms with van der Waals surface area (Å²) in [5.74, 6) is -1.06. The molecule has 176 valence electrons. The second kappa shape index (κ2) is 9.25. The fourth-order valence-corrected chi connectivity index (χ4v) is 3.86. The van der Waals surface area contributed by atoms with Crippen molar-refractivity contribution in [1.29, 1.82) is 0 Å². The first-order chi connectivity index (χ1) is 15.4. The Morgan fingerprint density at radius 1 is 1.09 bits per heavy atom. The molecule has 2 aromatic rings. The molecule has 1 aliphatic rings. The van der Waals surface area contributed by atoms with E-state index in [2.05, 4.69) is 10.6 Å². The summed E-state index contributed by atoms with van der Waals surface area (Å²) in [5.41, 5.74) is -1.76. The predicted molar refractivity (Wildman–Crippen MR) is 116 cm³/mol. The van der Waals surface area contributed by atoms with Crippen LogP contribution in [0.4, 0.5) is 18.0 Å². The van der Waals surface area contributed by atoms with Crippen LogP contribution in [0.5, 0.6) is 0 Å². The van der Waals surface area contributed by atoms with Gasteiger partial charge in [0.25, 0.3) is 5.91 Å². The molecule has 9 heteroatoms. The zero-order valence-electron chi connectivity index (χ0n) is 18.6. The van der Waals surface area contributed by atoms with Crippen LogP contribution in [0.2, 0.25) is 0 Å². The van der Waals surface area contributed by atoms with Crippen LogP contribution in [0.25, 0.3) is 0 Å². The summed E-state index contributed by atoms with van der Waals surface area (Å²) in [6, 6.07) is 12.4. The predicted octanol–water partition coefficient (Wildman–Crippen LogP) is 4.38. The minimum Gasteiger partial charge on any atom is -0.348 e. The molecule has 2 unspecified atom stereocenters. The van der Waals surface area contributed by atoms with Gasteiger partial charge in [-0.3, -0.25) is 14.5 Å². The third-order valence-corrected chi connectivity index (χ3v) is 5.59. The molecule has 0 radical (unpaired) electrons. The van der Waals surface area contributed by atoms with Gasteiger partial charge in [0.05, 0.1) is 11.6 Å². The number of hydrogen-bond acceptors (Lipinski definition) is 3. The molecule has 4 amide bonds. The topological polar surface area (TPSA) is 78.5 Å². The fraction of sp³-hybridized carbons (Fsp3) is 0.375. The summed E-state index contributed by atoms with van der Waals surface area (Å²) in [7, 11) is 0. The Morgan fingerprint density at radius 3 is 2.36 bits per heavy atom. The number of amides is 4. The van der Waals surface area contributed by atoms with Gasteiger partial charge in [-0.1, -0.05) is 56.3 Å². The van der Waals surface area contributed by atoms with Crippen molar-refractivity contribution in [3.8, 4) is 0 Å². The first-order valence-corrected chi connectivity index (χ1v) is 10.6. The standard InChI is InChI=1S/C24H26F3N3O3/c1-15(2)12-19(16-8-5-4-6-9-16)28-20(31)14-30-21(32)23(3,29-22(30)33)17-10-7-11-18(13-17)24(25,26)27/h4-11,13,15,19H,12,14H2,1-3H3,(H,28,31)(H,29,33). The molecule has 0 saturated carbocycles. The molecule has 0 spiro atoms. The maximum Gasteiger partial charge on any atom is 0.416 e. The van der Waals surface area contributed by atoms with E-state index in [9.17, 15) is 27.6 Å². The van der Waals surface area contributed by atoms with Gasteiger partial charge < -0.3 is 10.6 Å². The lowest BCUT2D eigenvalue weighted by Gasteiger charge is -2.24. The first-order valence-electron chi connectivity index (χ1n) is 10.6. The largest absolute Gasteiger partial charge is 0.416 e. The van der Waals surface area contributed by atoms with Gasteiger partial charge in [0.1, 0.15) is 12.1 Å². The molecule has 0 aromatic heterocycles. The molecule has 1 heterocycles. The average molecular weight is 461 g/mol. The molecule has 1 saturated heterocycles. The molecule has 2 atom stereocenters. The van der Waals surface area contributed by atoms with Crippen molar-refractivity contribution >= 4 is 17.8 Å². The van der Waals surface area contributed by atoms with Crippen molar-refractivity contribution in [2.75, 3.05) is 6.54 Å². The van der Waals surface area contributed by atoms with E-state index in [4.69, 9.17) is 0 Å². The lowest BCUT2D eigenvalue weighted by Crippen LogP contribution is -2.44. The van der Waals surface area contributed by atoms with Gasteiger partial charge in [0, 0.05) is 0 Å². The van der Waals surface area contributed by atoms with Crippen LogP contribution in [-0.4, -0.2) is 29.3 Å². The van der Waals surface area contributed by atoms with E-state index in [1.54, 1.807) is 0 Å². The minimum absolute atomic E-state index is 0.0134. The zero-order valence-corrected chi connectivity index (χ0v) is 18.6. The van der Waals surface area contributed by atoms with Crippen molar-refractivity contribution in [1.82, 2.24) is 15.5 Å². The van der Waals surface area contributed by atoms with Crippen LogP contribution in [0, 0.1) is 5.92 Å². The molecule has 2 N–H and O–H groups in total. The molecule has 33 heavy (non-hydrogen) atoms. The van der Waals surface area contributed by atoms with Gasteiger partial charge in [-0.25, -0.2) is 4.79 Å². The van der Waals surface area contributed by atoms with Gasteiger partial charge in [0.2, 0.25) is 5.91 Å². The zero-order chi connectivity index (χ0) is 24.4. The summed E-state index contributed by atoms with van der Waals surface area (Å²) in [6.45, 7) is 4.81. The minimum atomic E-state index is -4.60. The maximum atomic E-state index is 13.1. The highest BCUT2D eigenvalue weighted by molar-refractivity contribution is 6.09. The summed E-state index contributed by atoms with van der Waals surface area (Å²) in [6.07, 6.45) is -3.95. The van der Waals surface area contributed by atoms with Crippen LogP contribution in [0.1, 0.15) is 49.9 Å². The summed E-state index contributed by atoms with van der Waals surface area (Å²) in [4.78, 5) is 39.0. The number of nitrogens with one attached hydrogen (secondary N) is 2. The Kier molecular flexibility index (Phi) is 6.81. The number of urea groups is 1.